The first-order valence-electron chi connectivity index (χ1n) is 5.66. The lowest BCUT2D eigenvalue weighted by molar-refractivity contribution is 0.289. The molecule has 0 aliphatic heterocycles. The highest BCUT2D eigenvalue weighted by atomic mass is 79.9. The highest BCUT2D eigenvalue weighted by Gasteiger charge is 2.11. The molecule has 0 amide bonds. The third kappa shape index (κ3) is 3.55. The minimum absolute atomic E-state index is 0.212. The fourth-order valence-electron chi connectivity index (χ4n) is 1.63. The molecule has 5 heteroatoms. The molecular weight excluding hydrogens is 377 g/mol. The predicted octanol–water partition coefficient (Wildman–Crippen LogP) is 4.39. The first-order valence-corrected chi connectivity index (χ1v) is 7.24. The van der Waals surface area contributed by atoms with Crippen LogP contribution in [0.4, 0.5) is 4.39 Å². The number of rotatable bonds is 4. The van der Waals surface area contributed by atoms with Crippen molar-refractivity contribution in [3.8, 4) is 5.75 Å². The van der Waals surface area contributed by atoms with Crippen LogP contribution in [0.1, 0.15) is 11.1 Å². The summed E-state index contributed by atoms with van der Waals surface area (Å²) in [4.78, 5) is 0. The minimum Gasteiger partial charge on any atom is -0.486 e. The van der Waals surface area contributed by atoms with E-state index in [9.17, 15) is 4.39 Å². The maximum absolute atomic E-state index is 14.0. The molecule has 0 bridgehead atoms. The molecule has 0 unspecified atom stereocenters. The molecule has 0 atom stereocenters. The molecular formula is C14H12Br2FNO. The smallest absolute Gasteiger partial charge is 0.179 e. The van der Waals surface area contributed by atoms with Gasteiger partial charge in [-0.15, -0.1) is 0 Å². The standard InChI is InChI=1S/C14H12Br2FNO/c15-11-3-1-2-9(6-11)8-19-12-5-4-10(7-18)13(16)14(12)17/h1-6H,7-8,18H2. The van der Waals surface area contributed by atoms with Crippen LogP contribution < -0.4 is 10.5 Å². The van der Waals surface area contributed by atoms with Crippen molar-refractivity contribution in [1.82, 2.24) is 0 Å². The van der Waals surface area contributed by atoms with Gasteiger partial charge in [-0.25, -0.2) is 4.39 Å². The Balaban J connectivity index is 2.14. The van der Waals surface area contributed by atoms with E-state index < -0.39 is 5.82 Å². The summed E-state index contributed by atoms with van der Waals surface area (Å²) >= 11 is 6.57. The normalized spacial score (nSPS) is 10.5. The fraction of sp³-hybridized carbons (Fsp3) is 0.143. The second-order valence-corrected chi connectivity index (χ2v) is 5.68. The van der Waals surface area contributed by atoms with E-state index >= 15 is 0 Å². The molecule has 0 saturated heterocycles. The Bertz CT molecular complexity index is 590. The van der Waals surface area contributed by atoms with E-state index in [0.717, 1.165) is 10.0 Å². The van der Waals surface area contributed by atoms with Crippen molar-refractivity contribution in [3.63, 3.8) is 0 Å². The molecule has 0 spiro atoms. The fourth-order valence-corrected chi connectivity index (χ4v) is 2.56. The van der Waals surface area contributed by atoms with Gasteiger partial charge in [-0.1, -0.05) is 34.1 Å². The Hall–Kier alpha value is -0.910. The molecule has 0 aliphatic rings. The third-order valence-electron chi connectivity index (χ3n) is 2.63. The molecule has 19 heavy (non-hydrogen) atoms. The third-order valence-corrected chi connectivity index (χ3v) is 3.98. The number of hydrogen-bond donors (Lipinski definition) is 1. The van der Waals surface area contributed by atoms with Crippen molar-refractivity contribution in [2.45, 2.75) is 13.2 Å². The summed E-state index contributed by atoms with van der Waals surface area (Å²) in [5.74, 6) is -0.206. The first kappa shape index (κ1) is 14.5. The largest absolute Gasteiger partial charge is 0.486 e. The Morgan fingerprint density at radius 2 is 1.95 bits per heavy atom. The summed E-state index contributed by atoms with van der Waals surface area (Å²) in [6.45, 7) is 0.591. The van der Waals surface area contributed by atoms with Crippen molar-refractivity contribution < 1.29 is 9.13 Å². The maximum Gasteiger partial charge on any atom is 0.179 e. The Morgan fingerprint density at radius 1 is 1.16 bits per heavy atom. The highest BCUT2D eigenvalue weighted by molar-refractivity contribution is 9.10. The summed E-state index contributed by atoms with van der Waals surface area (Å²) in [6.07, 6.45) is 0. The molecule has 0 aromatic heterocycles. The molecule has 2 rings (SSSR count). The monoisotopic (exact) mass is 387 g/mol. The molecule has 2 N–H and O–H groups in total. The van der Waals surface area contributed by atoms with Gasteiger partial charge in [0.15, 0.2) is 11.6 Å². The van der Waals surface area contributed by atoms with Gasteiger partial charge in [0.1, 0.15) is 6.61 Å². The van der Waals surface area contributed by atoms with Crippen LogP contribution in [0.2, 0.25) is 0 Å². The Kier molecular flexibility index (Phi) is 4.96. The summed E-state index contributed by atoms with van der Waals surface area (Å²) in [5, 5.41) is 0. The average molecular weight is 389 g/mol. The molecule has 2 nitrogen and oxygen atoms in total. The van der Waals surface area contributed by atoms with Gasteiger partial charge in [0.25, 0.3) is 0 Å². The van der Waals surface area contributed by atoms with Gasteiger partial charge in [0.2, 0.25) is 0 Å². The van der Waals surface area contributed by atoms with E-state index in [1.165, 1.54) is 0 Å². The Morgan fingerprint density at radius 3 is 2.63 bits per heavy atom. The van der Waals surface area contributed by atoms with E-state index in [1.54, 1.807) is 12.1 Å². The zero-order chi connectivity index (χ0) is 13.8. The van der Waals surface area contributed by atoms with Gasteiger partial charge < -0.3 is 10.5 Å². The van der Waals surface area contributed by atoms with Crippen molar-refractivity contribution >= 4 is 31.9 Å². The number of benzene rings is 2. The average Bonchev–Trinajstić information content (AvgIpc) is 2.41. The molecule has 2 aromatic rings. The van der Waals surface area contributed by atoms with Crippen LogP contribution in [-0.2, 0) is 13.2 Å². The van der Waals surface area contributed by atoms with Crippen molar-refractivity contribution in [2.75, 3.05) is 0 Å². The molecule has 0 aliphatic carbocycles. The number of ether oxygens (including phenoxy) is 1. The topological polar surface area (TPSA) is 35.2 Å². The highest BCUT2D eigenvalue weighted by Crippen LogP contribution is 2.29. The quantitative estimate of drug-likeness (QED) is 0.842. The minimum atomic E-state index is -0.419. The molecule has 0 fully saturated rings. The second kappa shape index (κ2) is 6.50. The Labute approximate surface area is 128 Å². The van der Waals surface area contributed by atoms with Crippen molar-refractivity contribution in [1.29, 1.82) is 0 Å². The number of halogens is 3. The molecule has 0 saturated carbocycles. The van der Waals surface area contributed by atoms with Crippen molar-refractivity contribution in [2.24, 2.45) is 5.73 Å². The molecule has 2 aromatic carbocycles. The van der Waals surface area contributed by atoms with Crippen LogP contribution >= 0.6 is 31.9 Å². The van der Waals surface area contributed by atoms with Gasteiger partial charge in [0, 0.05) is 11.0 Å². The van der Waals surface area contributed by atoms with Crippen LogP contribution in [0.5, 0.6) is 5.75 Å². The van der Waals surface area contributed by atoms with Crippen LogP contribution in [-0.4, -0.2) is 0 Å². The van der Waals surface area contributed by atoms with E-state index in [4.69, 9.17) is 10.5 Å². The zero-order valence-electron chi connectivity index (χ0n) is 10.00. The lowest BCUT2D eigenvalue weighted by atomic mass is 10.2. The van der Waals surface area contributed by atoms with Gasteiger partial charge >= 0.3 is 0 Å². The lowest BCUT2D eigenvalue weighted by Crippen LogP contribution is -2.02. The van der Waals surface area contributed by atoms with Crippen LogP contribution in [0.3, 0.4) is 0 Å². The van der Waals surface area contributed by atoms with E-state index in [1.807, 2.05) is 24.3 Å². The summed E-state index contributed by atoms with van der Waals surface area (Å²) in [7, 11) is 0. The molecule has 100 valence electrons. The zero-order valence-corrected chi connectivity index (χ0v) is 13.2. The van der Waals surface area contributed by atoms with Gasteiger partial charge in [0.05, 0.1) is 4.47 Å². The van der Waals surface area contributed by atoms with E-state index in [2.05, 4.69) is 31.9 Å². The SMILES string of the molecule is NCc1ccc(OCc2cccc(Br)c2)c(F)c1Br. The number of nitrogens with two attached hydrogens (primary N) is 1. The predicted molar refractivity (Wildman–Crippen MR) is 80.5 cm³/mol. The van der Waals surface area contributed by atoms with Gasteiger partial charge in [-0.3, -0.25) is 0 Å². The van der Waals surface area contributed by atoms with Crippen LogP contribution in [0, 0.1) is 5.82 Å². The maximum atomic E-state index is 14.0. The molecule has 0 radical (unpaired) electrons. The second-order valence-electron chi connectivity index (χ2n) is 3.97. The summed E-state index contributed by atoms with van der Waals surface area (Å²) in [5.41, 5.74) is 7.19. The summed E-state index contributed by atoms with van der Waals surface area (Å²) in [6, 6.07) is 11.0. The summed E-state index contributed by atoms with van der Waals surface area (Å²) < 4.78 is 20.8. The van der Waals surface area contributed by atoms with Gasteiger partial charge in [-0.2, -0.15) is 0 Å². The van der Waals surface area contributed by atoms with Crippen molar-refractivity contribution in [3.05, 3.63) is 62.3 Å². The lowest BCUT2D eigenvalue weighted by Gasteiger charge is -2.10. The van der Waals surface area contributed by atoms with Crippen LogP contribution in [0.25, 0.3) is 0 Å². The molecule has 0 heterocycles. The van der Waals surface area contributed by atoms with E-state index in [-0.39, 0.29) is 12.3 Å². The van der Waals surface area contributed by atoms with Gasteiger partial charge in [-0.05, 0) is 45.3 Å². The van der Waals surface area contributed by atoms with E-state index in [0.29, 0.717) is 16.6 Å². The van der Waals surface area contributed by atoms with Crippen LogP contribution in [0.15, 0.2) is 45.3 Å². The first-order chi connectivity index (χ1) is 9.11. The number of hydrogen-bond acceptors (Lipinski definition) is 2.